The summed E-state index contributed by atoms with van der Waals surface area (Å²) in [6, 6.07) is 15.1. The number of alkyl halides is 3. The van der Waals surface area contributed by atoms with Crippen LogP contribution in [0.1, 0.15) is 31.7 Å². The van der Waals surface area contributed by atoms with Crippen molar-refractivity contribution in [3.63, 3.8) is 0 Å². The molecule has 0 unspecified atom stereocenters. The summed E-state index contributed by atoms with van der Waals surface area (Å²) >= 11 is 0.775. The van der Waals surface area contributed by atoms with Gasteiger partial charge in [0.15, 0.2) is 5.69 Å². The van der Waals surface area contributed by atoms with Crippen molar-refractivity contribution in [1.29, 1.82) is 0 Å². The first-order valence-corrected chi connectivity index (χ1v) is 11.8. The predicted octanol–water partition coefficient (Wildman–Crippen LogP) is 5.12. The molecule has 0 fully saturated rings. The molecule has 10 heteroatoms. The molecule has 0 bridgehead atoms. The minimum Gasteiger partial charge on any atom is -0.468 e. The van der Waals surface area contributed by atoms with Crippen LogP contribution in [0, 0.1) is 0 Å². The zero-order chi connectivity index (χ0) is 24.7. The summed E-state index contributed by atoms with van der Waals surface area (Å²) in [5.41, 5.74) is 1.76. The van der Waals surface area contributed by atoms with Crippen molar-refractivity contribution in [3.05, 3.63) is 94.1 Å². The average Bonchev–Trinajstić information content (AvgIpc) is 3.53. The molecule has 0 spiro atoms. The van der Waals surface area contributed by atoms with E-state index in [2.05, 4.69) is 20.6 Å². The molecule has 182 valence electrons. The van der Waals surface area contributed by atoms with E-state index < -0.39 is 22.7 Å². The number of benzene rings is 1. The van der Waals surface area contributed by atoms with Crippen molar-refractivity contribution in [1.82, 2.24) is 20.6 Å². The van der Waals surface area contributed by atoms with Gasteiger partial charge in [-0.2, -0.15) is 13.2 Å². The third-order valence-electron chi connectivity index (χ3n) is 5.16. The molecule has 0 aliphatic rings. The van der Waals surface area contributed by atoms with E-state index in [0.717, 1.165) is 33.8 Å². The van der Waals surface area contributed by atoms with E-state index in [1.54, 1.807) is 30.8 Å². The number of aromatic nitrogens is 2. The van der Waals surface area contributed by atoms with E-state index in [1.807, 2.05) is 36.4 Å². The number of furan rings is 1. The van der Waals surface area contributed by atoms with Crippen LogP contribution in [0.5, 0.6) is 0 Å². The number of nitrogens with one attached hydrogen (secondary N) is 2. The van der Waals surface area contributed by atoms with Crippen LogP contribution in [0.25, 0.3) is 11.1 Å². The Labute approximate surface area is 204 Å². The van der Waals surface area contributed by atoms with Gasteiger partial charge in [-0.1, -0.05) is 30.3 Å². The lowest BCUT2D eigenvalue weighted by Gasteiger charge is -2.08. The van der Waals surface area contributed by atoms with E-state index in [-0.39, 0.29) is 18.0 Å². The normalized spacial score (nSPS) is 11.5. The Morgan fingerprint density at radius 2 is 1.89 bits per heavy atom. The Balaban J connectivity index is 1.35. The quantitative estimate of drug-likeness (QED) is 0.296. The first-order valence-electron chi connectivity index (χ1n) is 11.0. The molecule has 1 amide bonds. The van der Waals surface area contributed by atoms with Crippen LogP contribution in [-0.2, 0) is 25.6 Å². The number of thiazole rings is 1. The van der Waals surface area contributed by atoms with Crippen LogP contribution in [-0.4, -0.2) is 29.0 Å². The summed E-state index contributed by atoms with van der Waals surface area (Å²) in [5, 5.41) is 5.95. The summed E-state index contributed by atoms with van der Waals surface area (Å²) in [4.78, 5) is 20.0. The van der Waals surface area contributed by atoms with Gasteiger partial charge in [-0.15, -0.1) is 11.3 Å². The van der Waals surface area contributed by atoms with E-state index in [4.69, 9.17) is 4.42 Å². The number of hydrogen-bond donors (Lipinski definition) is 2. The maximum absolute atomic E-state index is 13.5. The average molecular weight is 501 g/mol. The highest BCUT2D eigenvalue weighted by Gasteiger charge is 2.39. The van der Waals surface area contributed by atoms with Crippen molar-refractivity contribution in [2.75, 3.05) is 13.1 Å². The summed E-state index contributed by atoms with van der Waals surface area (Å²) < 4.78 is 45.8. The van der Waals surface area contributed by atoms with Gasteiger partial charge in [-0.05, 0) is 41.3 Å². The molecule has 0 saturated heterocycles. The lowest BCUT2D eigenvalue weighted by atomic mass is 10.0. The fraction of sp³-hybridized carbons (Fsp3) is 0.240. The van der Waals surface area contributed by atoms with E-state index >= 15 is 0 Å². The molecule has 1 aromatic carbocycles. The van der Waals surface area contributed by atoms with Crippen LogP contribution in [0.2, 0.25) is 0 Å². The summed E-state index contributed by atoms with van der Waals surface area (Å²) in [6.07, 6.45) is 1.04. The molecule has 0 atom stereocenters. The number of amides is 1. The van der Waals surface area contributed by atoms with Crippen molar-refractivity contribution >= 4 is 17.2 Å². The van der Waals surface area contributed by atoms with Crippen LogP contribution in [0.3, 0.4) is 0 Å². The second kappa shape index (κ2) is 11.3. The fourth-order valence-corrected chi connectivity index (χ4v) is 4.48. The number of pyridine rings is 1. The molecule has 2 N–H and O–H groups in total. The van der Waals surface area contributed by atoms with Crippen molar-refractivity contribution < 1.29 is 22.4 Å². The highest BCUT2D eigenvalue weighted by Crippen LogP contribution is 2.34. The zero-order valence-electron chi connectivity index (χ0n) is 18.6. The first-order chi connectivity index (χ1) is 16.9. The second-order valence-corrected chi connectivity index (χ2v) is 8.82. The summed E-state index contributed by atoms with van der Waals surface area (Å²) in [6.45, 7) is 1.06. The number of carbonyl (C=O) groups excluding carboxylic acids is 1. The van der Waals surface area contributed by atoms with Gasteiger partial charge < -0.3 is 15.1 Å². The third kappa shape index (κ3) is 6.77. The van der Waals surface area contributed by atoms with Crippen LogP contribution >= 0.6 is 11.3 Å². The van der Waals surface area contributed by atoms with Gasteiger partial charge in [-0.3, -0.25) is 9.78 Å². The van der Waals surface area contributed by atoms with Crippen molar-refractivity contribution in [2.45, 2.75) is 25.6 Å². The Morgan fingerprint density at radius 1 is 1.03 bits per heavy atom. The van der Waals surface area contributed by atoms with Gasteiger partial charge in [0.05, 0.1) is 17.8 Å². The number of rotatable bonds is 10. The van der Waals surface area contributed by atoms with Gasteiger partial charge >= 0.3 is 6.18 Å². The lowest BCUT2D eigenvalue weighted by Crippen LogP contribution is -2.27. The number of carbonyl (C=O) groups is 1. The fourth-order valence-electron chi connectivity index (χ4n) is 3.48. The van der Waals surface area contributed by atoms with Crippen LogP contribution in [0.15, 0.2) is 71.6 Å². The maximum Gasteiger partial charge on any atom is 0.435 e. The molecule has 35 heavy (non-hydrogen) atoms. The molecule has 0 radical (unpaired) electrons. The molecule has 6 nitrogen and oxygen atoms in total. The summed E-state index contributed by atoms with van der Waals surface area (Å²) in [5.74, 6) is -0.0424. The Hall–Kier alpha value is -3.50. The number of halogens is 3. The molecule has 4 aromatic rings. The highest BCUT2D eigenvalue weighted by molar-refractivity contribution is 7.13. The molecule has 4 rings (SSSR count). The minimum absolute atomic E-state index is 0.199. The Morgan fingerprint density at radius 3 is 2.63 bits per heavy atom. The lowest BCUT2D eigenvalue weighted by molar-refractivity contribution is -0.141. The highest BCUT2D eigenvalue weighted by atomic mass is 32.1. The smallest absolute Gasteiger partial charge is 0.435 e. The first kappa shape index (κ1) is 24.6. The topological polar surface area (TPSA) is 80.0 Å². The van der Waals surface area contributed by atoms with E-state index in [1.165, 1.54) is 0 Å². The second-order valence-electron chi connectivity index (χ2n) is 7.74. The van der Waals surface area contributed by atoms with E-state index in [0.29, 0.717) is 19.5 Å². The van der Waals surface area contributed by atoms with Gasteiger partial charge in [0, 0.05) is 31.9 Å². The molecule has 0 aliphatic heterocycles. The van der Waals surface area contributed by atoms with E-state index in [9.17, 15) is 18.0 Å². The predicted molar refractivity (Wildman–Crippen MR) is 127 cm³/mol. The number of hydrogen-bond acceptors (Lipinski definition) is 6. The summed E-state index contributed by atoms with van der Waals surface area (Å²) in [7, 11) is 0. The van der Waals surface area contributed by atoms with Gasteiger partial charge in [0.2, 0.25) is 0 Å². The SMILES string of the molecule is O=C(NCCc1cccc(-c2cccnc2)c1)c1sc(CCNCc2ccco2)nc1C(F)(F)F. The molecule has 0 saturated carbocycles. The Kier molecular flexibility index (Phi) is 7.94. The largest absolute Gasteiger partial charge is 0.468 e. The van der Waals surface area contributed by atoms with Gasteiger partial charge in [-0.25, -0.2) is 4.98 Å². The molecule has 3 aromatic heterocycles. The van der Waals surface area contributed by atoms with Crippen LogP contribution < -0.4 is 10.6 Å². The molecule has 0 aliphatic carbocycles. The zero-order valence-corrected chi connectivity index (χ0v) is 19.5. The number of nitrogens with zero attached hydrogens (tertiary/aromatic N) is 2. The standard InChI is InChI=1S/C25H23F3N4O2S/c26-25(27,28)23-22(35-21(32-23)9-11-30-16-20-7-3-13-34-20)24(33)31-12-8-17-4-1-5-18(14-17)19-6-2-10-29-15-19/h1-7,10,13-15,30H,8-9,11-12,16H2,(H,31,33). The monoisotopic (exact) mass is 500 g/mol. The molecular weight excluding hydrogens is 477 g/mol. The molecule has 3 heterocycles. The third-order valence-corrected chi connectivity index (χ3v) is 6.28. The van der Waals surface area contributed by atoms with Gasteiger partial charge in [0.1, 0.15) is 10.6 Å². The molecular formula is C25H23F3N4O2S. The maximum atomic E-state index is 13.5. The van der Waals surface area contributed by atoms with Crippen molar-refractivity contribution in [3.8, 4) is 11.1 Å². The van der Waals surface area contributed by atoms with Gasteiger partial charge in [0.25, 0.3) is 5.91 Å². The minimum atomic E-state index is -4.71. The Bertz CT molecular complexity index is 1240. The van der Waals surface area contributed by atoms with Crippen LogP contribution in [0.4, 0.5) is 13.2 Å². The van der Waals surface area contributed by atoms with Crippen molar-refractivity contribution in [2.24, 2.45) is 0 Å².